The second-order valence-corrected chi connectivity index (χ2v) is 9.43. The molecule has 9 nitrogen and oxygen atoms in total. The highest BCUT2D eigenvalue weighted by Crippen LogP contribution is 2.32. The molecule has 0 bridgehead atoms. The number of carbonyl (C=O) groups is 1. The maximum Gasteiger partial charge on any atom is 0.270 e. The van der Waals surface area contributed by atoms with Gasteiger partial charge in [0.05, 0.1) is 29.8 Å². The quantitative estimate of drug-likeness (QED) is 0.427. The number of hydrogen-bond donors (Lipinski definition) is 0. The molecule has 2 aliphatic heterocycles. The molecule has 188 valence electrons. The van der Waals surface area contributed by atoms with Crippen LogP contribution in [0.2, 0.25) is 0 Å². The van der Waals surface area contributed by atoms with Crippen LogP contribution >= 0.6 is 0 Å². The van der Waals surface area contributed by atoms with Crippen molar-refractivity contribution in [2.45, 2.75) is 38.9 Å². The standard InChI is InChI=1S/C26H33N3O6/c1-18-15-27(16-19(2)34-18)17-20-10-12-28(13-11-20)26(30)24-14-21(29(31)32)4-9-25(24)35-23-7-5-22(33-3)6-8-23/h4-9,14,18-20H,10-13,15-17H2,1-3H3. The summed E-state index contributed by atoms with van der Waals surface area (Å²) in [6.07, 6.45) is 2.27. The maximum absolute atomic E-state index is 13.4. The van der Waals surface area contributed by atoms with Gasteiger partial charge in [0, 0.05) is 44.9 Å². The van der Waals surface area contributed by atoms with Gasteiger partial charge in [0.2, 0.25) is 0 Å². The summed E-state index contributed by atoms with van der Waals surface area (Å²) in [6, 6.07) is 11.1. The van der Waals surface area contributed by atoms with Crippen LogP contribution < -0.4 is 9.47 Å². The van der Waals surface area contributed by atoms with Gasteiger partial charge >= 0.3 is 0 Å². The number of piperidine rings is 1. The van der Waals surface area contributed by atoms with Crippen molar-refractivity contribution in [2.24, 2.45) is 5.92 Å². The van der Waals surface area contributed by atoms with Crippen molar-refractivity contribution in [1.82, 2.24) is 9.80 Å². The number of nitrogens with zero attached hydrogens (tertiary/aromatic N) is 3. The SMILES string of the molecule is COc1ccc(Oc2ccc([N+](=O)[O-])cc2C(=O)N2CCC(CN3CC(C)OC(C)C3)CC2)cc1. The lowest BCUT2D eigenvalue weighted by Gasteiger charge is -2.39. The normalized spacial score (nSPS) is 21.5. The molecular weight excluding hydrogens is 450 g/mol. The highest BCUT2D eigenvalue weighted by molar-refractivity contribution is 5.97. The first-order valence-corrected chi connectivity index (χ1v) is 12.1. The molecule has 0 aromatic heterocycles. The summed E-state index contributed by atoms with van der Waals surface area (Å²) in [7, 11) is 1.58. The first kappa shape index (κ1) is 24.9. The van der Waals surface area contributed by atoms with Crippen molar-refractivity contribution < 1.29 is 23.9 Å². The van der Waals surface area contributed by atoms with E-state index in [1.165, 1.54) is 18.2 Å². The fourth-order valence-corrected chi connectivity index (χ4v) is 4.95. The fraction of sp³-hybridized carbons (Fsp3) is 0.500. The minimum absolute atomic E-state index is 0.138. The molecule has 2 aliphatic rings. The number of nitro benzene ring substituents is 1. The first-order valence-electron chi connectivity index (χ1n) is 12.1. The number of morpholine rings is 1. The van der Waals surface area contributed by atoms with Crippen molar-refractivity contribution in [1.29, 1.82) is 0 Å². The lowest BCUT2D eigenvalue weighted by atomic mass is 9.95. The average molecular weight is 484 g/mol. The van der Waals surface area contributed by atoms with E-state index in [0.717, 1.165) is 32.5 Å². The summed E-state index contributed by atoms with van der Waals surface area (Å²) in [5.74, 6) is 1.76. The minimum Gasteiger partial charge on any atom is -0.497 e. The predicted octanol–water partition coefficient (Wildman–Crippen LogP) is 4.36. The number of amides is 1. The Morgan fingerprint density at radius 3 is 2.29 bits per heavy atom. The largest absolute Gasteiger partial charge is 0.497 e. The molecule has 2 heterocycles. The molecule has 2 unspecified atom stereocenters. The Morgan fingerprint density at radius 2 is 1.69 bits per heavy atom. The van der Waals surface area contributed by atoms with E-state index in [1.54, 1.807) is 36.3 Å². The van der Waals surface area contributed by atoms with Crippen LogP contribution in [0.3, 0.4) is 0 Å². The van der Waals surface area contributed by atoms with Crippen molar-refractivity contribution in [2.75, 3.05) is 39.8 Å². The molecule has 0 aliphatic carbocycles. The molecule has 2 aromatic rings. The molecule has 0 saturated carbocycles. The summed E-state index contributed by atoms with van der Waals surface area (Å²) < 4.78 is 17.0. The molecule has 1 amide bonds. The van der Waals surface area contributed by atoms with Crippen molar-refractivity contribution >= 4 is 11.6 Å². The lowest BCUT2D eigenvalue weighted by molar-refractivity contribution is -0.384. The van der Waals surface area contributed by atoms with Crippen LogP contribution in [0.25, 0.3) is 0 Å². The molecule has 9 heteroatoms. The molecule has 0 spiro atoms. The number of hydrogen-bond acceptors (Lipinski definition) is 7. The van der Waals surface area contributed by atoms with Gasteiger partial charge in [0.15, 0.2) is 0 Å². The van der Waals surface area contributed by atoms with Crippen LogP contribution in [0, 0.1) is 16.0 Å². The van der Waals surface area contributed by atoms with Gasteiger partial charge in [0.25, 0.3) is 11.6 Å². The zero-order valence-electron chi connectivity index (χ0n) is 20.5. The number of rotatable bonds is 7. The Bertz CT molecular complexity index is 1030. The van der Waals surface area contributed by atoms with Crippen molar-refractivity contribution in [3.05, 3.63) is 58.1 Å². The van der Waals surface area contributed by atoms with Gasteiger partial charge in [-0.05, 0) is 62.9 Å². The number of methoxy groups -OCH3 is 1. The Balaban J connectivity index is 1.44. The van der Waals surface area contributed by atoms with Gasteiger partial charge in [-0.25, -0.2) is 0 Å². The highest BCUT2D eigenvalue weighted by atomic mass is 16.6. The van der Waals surface area contributed by atoms with Gasteiger partial charge in [0.1, 0.15) is 17.2 Å². The molecular formula is C26H33N3O6. The molecule has 2 saturated heterocycles. The second kappa shape index (κ2) is 11.0. The van der Waals surface area contributed by atoms with E-state index >= 15 is 0 Å². The Labute approximate surface area is 205 Å². The van der Waals surface area contributed by atoms with Crippen LogP contribution in [-0.4, -0.2) is 72.7 Å². The van der Waals surface area contributed by atoms with Crippen molar-refractivity contribution in [3.63, 3.8) is 0 Å². The van der Waals surface area contributed by atoms with Crippen LogP contribution in [0.4, 0.5) is 5.69 Å². The van der Waals surface area contributed by atoms with E-state index in [2.05, 4.69) is 18.7 Å². The van der Waals surface area contributed by atoms with Gasteiger partial charge in [-0.3, -0.25) is 19.8 Å². The van der Waals surface area contributed by atoms with Crippen LogP contribution in [0.5, 0.6) is 17.2 Å². The molecule has 2 atom stereocenters. The van der Waals surface area contributed by atoms with E-state index in [9.17, 15) is 14.9 Å². The zero-order valence-corrected chi connectivity index (χ0v) is 20.5. The van der Waals surface area contributed by atoms with Gasteiger partial charge in [-0.2, -0.15) is 0 Å². The third kappa shape index (κ3) is 6.29. The van der Waals surface area contributed by atoms with E-state index in [1.807, 2.05) is 0 Å². The van der Waals surface area contributed by atoms with Gasteiger partial charge < -0.3 is 19.1 Å². The maximum atomic E-state index is 13.4. The number of likely N-dealkylation sites (tertiary alicyclic amines) is 1. The zero-order chi connectivity index (χ0) is 24.9. The molecule has 35 heavy (non-hydrogen) atoms. The third-order valence-corrected chi connectivity index (χ3v) is 6.60. The molecule has 2 aromatic carbocycles. The van der Waals surface area contributed by atoms with Gasteiger partial charge in [-0.1, -0.05) is 0 Å². The Hall–Kier alpha value is -3.17. The van der Waals surface area contributed by atoms with E-state index in [0.29, 0.717) is 36.3 Å². The molecule has 0 N–H and O–H groups in total. The summed E-state index contributed by atoms with van der Waals surface area (Å²) >= 11 is 0. The predicted molar refractivity (Wildman–Crippen MR) is 131 cm³/mol. The molecule has 2 fully saturated rings. The molecule has 0 radical (unpaired) electrons. The smallest absolute Gasteiger partial charge is 0.270 e. The monoisotopic (exact) mass is 483 g/mol. The van der Waals surface area contributed by atoms with Gasteiger partial charge in [-0.15, -0.1) is 0 Å². The number of carbonyl (C=O) groups excluding carboxylic acids is 1. The Morgan fingerprint density at radius 1 is 1.06 bits per heavy atom. The highest BCUT2D eigenvalue weighted by Gasteiger charge is 2.30. The second-order valence-electron chi connectivity index (χ2n) is 9.43. The van der Waals surface area contributed by atoms with E-state index in [-0.39, 0.29) is 29.4 Å². The molecule has 4 rings (SSSR count). The summed E-state index contributed by atoms with van der Waals surface area (Å²) in [5, 5.41) is 11.4. The minimum atomic E-state index is -0.496. The summed E-state index contributed by atoms with van der Waals surface area (Å²) in [5.41, 5.74) is 0.0603. The topological polar surface area (TPSA) is 94.4 Å². The van der Waals surface area contributed by atoms with Crippen LogP contribution in [0.1, 0.15) is 37.0 Å². The fourth-order valence-electron chi connectivity index (χ4n) is 4.95. The summed E-state index contributed by atoms with van der Waals surface area (Å²) in [6.45, 7) is 8.31. The van der Waals surface area contributed by atoms with Crippen LogP contribution in [0.15, 0.2) is 42.5 Å². The number of non-ortho nitro benzene ring substituents is 1. The van der Waals surface area contributed by atoms with E-state index in [4.69, 9.17) is 14.2 Å². The lowest BCUT2D eigenvalue weighted by Crippen LogP contribution is -2.48. The van der Waals surface area contributed by atoms with Crippen LogP contribution in [-0.2, 0) is 4.74 Å². The Kier molecular flexibility index (Phi) is 7.87. The average Bonchev–Trinajstić information content (AvgIpc) is 2.84. The third-order valence-electron chi connectivity index (χ3n) is 6.60. The summed E-state index contributed by atoms with van der Waals surface area (Å²) in [4.78, 5) is 28.6. The van der Waals surface area contributed by atoms with E-state index < -0.39 is 4.92 Å². The number of benzene rings is 2. The first-order chi connectivity index (χ1) is 16.8. The number of ether oxygens (including phenoxy) is 3. The van der Waals surface area contributed by atoms with Crippen molar-refractivity contribution in [3.8, 4) is 17.2 Å². The number of nitro groups is 1.